The normalized spacial score (nSPS) is 19.6. The lowest BCUT2D eigenvalue weighted by Gasteiger charge is -2.11. The van der Waals surface area contributed by atoms with Crippen molar-refractivity contribution in [3.63, 3.8) is 0 Å². The second kappa shape index (κ2) is 5.38. The number of hydrogen-bond acceptors (Lipinski definition) is 4. The third-order valence-electron chi connectivity index (χ3n) is 2.71. The molecule has 0 amide bonds. The predicted octanol–water partition coefficient (Wildman–Crippen LogP) is 1.49. The second-order valence-corrected chi connectivity index (χ2v) is 4.28. The van der Waals surface area contributed by atoms with E-state index in [-0.39, 0.29) is 6.04 Å². The van der Waals surface area contributed by atoms with Crippen molar-refractivity contribution in [3.05, 3.63) is 23.8 Å². The fraction of sp³-hybridized carbons (Fsp3) is 0.538. The molecule has 94 valence electrons. The average molecular weight is 237 g/mol. The van der Waals surface area contributed by atoms with Crippen LogP contribution in [-0.2, 0) is 0 Å². The van der Waals surface area contributed by atoms with E-state index >= 15 is 0 Å². The number of likely N-dealkylation sites (N-methyl/N-ethyl adjacent to an activating group) is 1. The Morgan fingerprint density at radius 1 is 1.59 bits per heavy atom. The molecule has 0 radical (unpaired) electrons. The fourth-order valence-electron chi connectivity index (χ4n) is 1.91. The molecule has 2 unspecified atom stereocenters. The number of benzene rings is 1. The molecule has 1 aliphatic heterocycles. The molecule has 1 aromatic rings. The number of nitrogens with one attached hydrogen (secondary N) is 1. The predicted molar refractivity (Wildman–Crippen MR) is 65.5 cm³/mol. The summed E-state index contributed by atoms with van der Waals surface area (Å²) in [6, 6.07) is 6.10. The summed E-state index contributed by atoms with van der Waals surface area (Å²) in [6.45, 7) is 5.68. The van der Waals surface area contributed by atoms with Gasteiger partial charge in [0.25, 0.3) is 0 Å². The van der Waals surface area contributed by atoms with Gasteiger partial charge >= 0.3 is 0 Å². The van der Waals surface area contributed by atoms with Crippen molar-refractivity contribution in [2.75, 3.05) is 19.8 Å². The minimum atomic E-state index is -0.460. The molecule has 1 aliphatic rings. The van der Waals surface area contributed by atoms with Crippen LogP contribution in [0.3, 0.4) is 0 Å². The molecule has 4 nitrogen and oxygen atoms in total. The van der Waals surface area contributed by atoms with Gasteiger partial charge in [-0.1, -0.05) is 6.92 Å². The maximum Gasteiger partial charge on any atom is 0.127 e. The van der Waals surface area contributed by atoms with Gasteiger partial charge in [0, 0.05) is 11.6 Å². The van der Waals surface area contributed by atoms with Crippen LogP contribution in [-0.4, -0.2) is 31.0 Å². The van der Waals surface area contributed by atoms with Crippen LogP contribution >= 0.6 is 0 Å². The maximum atomic E-state index is 9.15. The third kappa shape index (κ3) is 2.90. The highest BCUT2D eigenvalue weighted by Gasteiger charge is 2.23. The summed E-state index contributed by atoms with van der Waals surface area (Å²) in [5, 5.41) is 12.5. The van der Waals surface area contributed by atoms with Crippen LogP contribution in [0.4, 0.5) is 0 Å². The van der Waals surface area contributed by atoms with Gasteiger partial charge in [0.1, 0.15) is 24.7 Å². The van der Waals surface area contributed by atoms with Gasteiger partial charge in [0.15, 0.2) is 0 Å². The zero-order chi connectivity index (χ0) is 12.3. The first-order chi connectivity index (χ1) is 8.20. The lowest BCUT2D eigenvalue weighted by molar-refractivity contribution is 0.122. The molecule has 0 aromatic heterocycles. The number of fused-ring (bicyclic) bond motifs is 1. The highest BCUT2D eigenvalue weighted by atomic mass is 16.5. The van der Waals surface area contributed by atoms with Crippen LogP contribution in [0, 0.1) is 0 Å². The molecule has 2 N–H and O–H groups in total. The van der Waals surface area contributed by atoms with E-state index < -0.39 is 6.10 Å². The van der Waals surface area contributed by atoms with E-state index in [9.17, 15) is 0 Å². The molecule has 0 saturated heterocycles. The van der Waals surface area contributed by atoms with E-state index in [1.54, 1.807) is 6.92 Å². The summed E-state index contributed by atoms with van der Waals surface area (Å²) in [5.74, 6) is 1.61. The van der Waals surface area contributed by atoms with Crippen molar-refractivity contribution in [2.45, 2.75) is 26.0 Å². The first-order valence-electron chi connectivity index (χ1n) is 6.01. The van der Waals surface area contributed by atoms with E-state index in [0.29, 0.717) is 13.2 Å². The number of hydrogen-bond donors (Lipinski definition) is 2. The first-order valence-corrected chi connectivity index (χ1v) is 6.01. The van der Waals surface area contributed by atoms with Gasteiger partial charge in [-0.05, 0) is 25.6 Å². The summed E-state index contributed by atoms with van der Waals surface area (Å²) < 4.78 is 11.0. The maximum absolute atomic E-state index is 9.15. The lowest BCUT2D eigenvalue weighted by atomic mass is 10.1. The Morgan fingerprint density at radius 2 is 2.41 bits per heavy atom. The van der Waals surface area contributed by atoms with Crippen molar-refractivity contribution in [3.8, 4) is 11.5 Å². The SMILES string of the molecule is CCNC1COc2cc(OCC(C)O)ccc21. The Balaban J connectivity index is 2.06. The number of rotatable bonds is 5. The number of ether oxygens (including phenoxy) is 2. The zero-order valence-corrected chi connectivity index (χ0v) is 10.3. The molecule has 2 rings (SSSR count). The largest absolute Gasteiger partial charge is 0.491 e. The molecular formula is C13H19NO3. The molecular weight excluding hydrogens is 218 g/mol. The van der Waals surface area contributed by atoms with Crippen LogP contribution in [0.1, 0.15) is 25.5 Å². The molecule has 0 saturated carbocycles. The first kappa shape index (κ1) is 12.2. The van der Waals surface area contributed by atoms with Crippen LogP contribution in [0.25, 0.3) is 0 Å². The average Bonchev–Trinajstić information content (AvgIpc) is 2.70. The van der Waals surface area contributed by atoms with Crippen molar-refractivity contribution < 1.29 is 14.6 Å². The van der Waals surface area contributed by atoms with E-state index in [1.165, 1.54) is 5.56 Å². The summed E-state index contributed by atoms with van der Waals surface area (Å²) in [5.41, 5.74) is 1.18. The zero-order valence-electron chi connectivity index (χ0n) is 10.3. The molecule has 1 aromatic carbocycles. The van der Waals surface area contributed by atoms with Crippen molar-refractivity contribution in [1.82, 2.24) is 5.32 Å². The smallest absolute Gasteiger partial charge is 0.127 e. The molecule has 0 bridgehead atoms. The van der Waals surface area contributed by atoms with Gasteiger partial charge in [-0.25, -0.2) is 0 Å². The lowest BCUT2D eigenvalue weighted by Crippen LogP contribution is -2.21. The molecule has 1 heterocycles. The van der Waals surface area contributed by atoms with E-state index in [4.69, 9.17) is 14.6 Å². The minimum Gasteiger partial charge on any atom is -0.491 e. The van der Waals surface area contributed by atoms with E-state index in [0.717, 1.165) is 18.0 Å². The number of aliphatic hydroxyl groups excluding tert-OH is 1. The van der Waals surface area contributed by atoms with E-state index in [2.05, 4.69) is 12.2 Å². The molecule has 17 heavy (non-hydrogen) atoms. The van der Waals surface area contributed by atoms with Crippen LogP contribution in [0.5, 0.6) is 11.5 Å². The van der Waals surface area contributed by atoms with Gasteiger partial charge < -0.3 is 19.9 Å². The topological polar surface area (TPSA) is 50.7 Å². The van der Waals surface area contributed by atoms with Crippen LogP contribution in [0.2, 0.25) is 0 Å². The van der Waals surface area contributed by atoms with Crippen molar-refractivity contribution in [1.29, 1.82) is 0 Å². The fourth-order valence-corrected chi connectivity index (χ4v) is 1.91. The standard InChI is InChI=1S/C13H19NO3/c1-3-14-12-8-17-13-6-10(4-5-11(12)13)16-7-9(2)15/h4-6,9,12,14-15H,3,7-8H2,1-2H3. The monoisotopic (exact) mass is 237 g/mol. The number of aliphatic hydroxyl groups is 1. The summed E-state index contributed by atoms with van der Waals surface area (Å²) in [4.78, 5) is 0. The van der Waals surface area contributed by atoms with Gasteiger partial charge in [0.05, 0.1) is 12.1 Å². The molecule has 4 heteroatoms. The summed E-state index contributed by atoms with van der Waals surface area (Å²) in [7, 11) is 0. The Kier molecular flexibility index (Phi) is 3.86. The Morgan fingerprint density at radius 3 is 3.12 bits per heavy atom. The summed E-state index contributed by atoms with van der Waals surface area (Å²) in [6.07, 6.45) is -0.460. The highest BCUT2D eigenvalue weighted by molar-refractivity contribution is 5.45. The Bertz CT molecular complexity index is 379. The molecule has 0 spiro atoms. The molecule has 0 aliphatic carbocycles. The Hall–Kier alpha value is -1.26. The van der Waals surface area contributed by atoms with E-state index in [1.807, 2.05) is 18.2 Å². The van der Waals surface area contributed by atoms with Crippen molar-refractivity contribution >= 4 is 0 Å². The quantitative estimate of drug-likeness (QED) is 0.814. The molecule has 0 fully saturated rings. The van der Waals surface area contributed by atoms with Crippen molar-refractivity contribution in [2.24, 2.45) is 0 Å². The van der Waals surface area contributed by atoms with Crippen LogP contribution < -0.4 is 14.8 Å². The minimum absolute atomic E-state index is 0.279. The van der Waals surface area contributed by atoms with Gasteiger partial charge in [-0.15, -0.1) is 0 Å². The van der Waals surface area contributed by atoms with Crippen LogP contribution in [0.15, 0.2) is 18.2 Å². The second-order valence-electron chi connectivity index (χ2n) is 4.28. The van der Waals surface area contributed by atoms with Gasteiger partial charge in [-0.3, -0.25) is 0 Å². The van der Waals surface area contributed by atoms with Gasteiger partial charge in [0.2, 0.25) is 0 Å². The van der Waals surface area contributed by atoms with Gasteiger partial charge in [-0.2, -0.15) is 0 Å². The Labute approximate surface area is 102 Å². The third-order valence-corrected chi connectivity index (χ3v) is 2.71. The highest BCUT2D eigenvalue weighted by Crippen LogP contribution is 2.35. The summed E-state index contributed by atoms with van der Waals surface area (Å²) >= 11 is 0. The molecule has 2 atom stereocenters.